The minimum Gasteiger partial charge on any atom is -0.457 e. The van der Waals surface area contributed by atoms with Crippen molar-refractivity contribution in [2.75, 3.05) is 0 Å². The second kappa shape index (κ2) is 10.0. The third-order valence-corrected chi connectivity index (χ3v) is 4.87. The van der Waals surface area contributed by atoms with Crippen molar-refractivity contribution in [2.24, 2.45) is 0 Å². The molecule has 3 nitrogen and oxygen atoms in total. The van der Waals surface area contributed by atoms with E-state index >= 15 is 0 Å². The molecule has 0 heterocycles. The van der Waals surface area contributed by atoms with Gasteiger partial charge in [-0.2, -0.15) is 5.26 Å². The molecule has 0 bridgehead atoms. The van der Waals surface area contributed by atoms with Gasteiger partial charge in [0.15, 0.2) is 0 Å². The molecule has 0 N–H and O–H groups in total. The topological polar surface area (TPSA) is 42.2 Å². The lowest BCUT2D eigenvalue weighted by Gasteiger charge is -2.18. The highest BCUT2D eigenvalue weighted by Crippen LogP contribution is 2.35. The van der Waals surface area contributed by atoms with Crippen molar-refractivity contribution in [3.05, 3.63) is 126 Å². The average Bonchev–Trinajstić information content (AvgIpc) is 2.84. The second-order valence-electron chi connectivity index (χ2n) is 7.05. The lowest BCUT2D eigenvalue weighted by atomic mass is 9.83. The largest absolute Gasteiger partial charge is 0.457 e. The maximum absolute atomic E-state index is 9.99. The number of hydrogen-bond acceptors (Lipinski definition) is 3. The summed E-state index contributed by atoms with van der Waals surface area (Å²) in [4.78, 5) is 0. The molecule has 32 heavy (non-hydrogen) atoms. The van der Waals surface area contributed by atoms with Crippen LogP contribution >= 0.6 is 0 Å². The molecule has 1 atom stereocenters. The Labute approximate surface area is 188 Å². The van der Waals surface area contributed by atoms with Crippen LogP contribution in [0.25, 0.3) is 0 Å². The lowest BCUT2D eigenvalue weighted by Crippen LogP contribution is -2.09. The molecule has 0 fully saturated rings. The minimum absolute atomic E-state index is 0.572. The molecule has 1 radical (unpaired) electrons. The summed E-state index contributed by atoms with van der Waals surface area (Å²) in [6.45, 7) is 0. The minimum atomic E-state index is -0.619. The van der Waals surface area contributed by atoms with Gasteiger partial charge in [0.2, 0.25) is 0 Å². The molecule has 0 aliphatic heterocycles. The van der Waals surface area contributed by atoms with Gasteiger partial charge >= 0.3 is 0 Å². The first-order valence-corrected chi connectivity index (χ1v) is 10.2. The van der Waals surface area contributed by atoms with Crippen LogP contribution in [0.4, 0.5) is 0 Å². The summed E-state index contributed by atoms with van der Waals surface area (Å²) < 4.78 is 11.9. The molecule has 1 unspecified atom stereocenters. The predicted octanol–water partition coefficient (Wildman–Crippen LogP) is 7.13. The SMILES string of the molecule is C#C[C](c1cccc(Oc2ccccc2)c1)C(C#N)c1cccc(Oc2ccccc2)c1. The average molecular weight is 414 g/mol. The Hall–Kier alpha value is -4.47. The van der Waals surface area contributed by atoms with Crippen LogP contribution < -0.4 is 9.47 Å². The highest BCUT2D eigenvalue weighted by Gasteiger charge is 2.25. The van der Waals surface area contributed by atoms with Crippen molar-refractivity contribution in [3.63, 3.8) is 0 Å². The van der Waals surface area contributed by atoms with E-state index in [-0.39, 0.29) is 0 Å². The van der Waals surface area contributed by atoms with Gasteiger partial charge in [0, 0.05) is 0 Å². The Morgan fingerprint density at radius 2 is 1.19 bits per heavy atom. The van der Waals surface area contributed by atoms with Crippen molar-refractivity contribution >= 4 is 0 Å². The van der Waals surface area contributed by atoms with Gasteiger partial charge in [0.25, 0.3) is 0 Å². The first-order chi connectivity index (χ1) is 15.8. The Morgan fingerprint density at radius 1 is 0.656 bits per heavy atom. The van der Waals surface area contributed by atoms with Gasteiger partial charge in [-0.3, -0.25) is 0 Å². The summed E-state index contributed by atoms with van der Waals surface area (Å²) >= 11 is 0. The second-order valence-corrected chi connectivity index (χ2v) is 7.05. The van der Waals surface area contributed by atoms with Gasteiger partial charge in [-0.1, -0.05) is 66.6 Å². The monoisotopic (exact) mass is 414 g/mol. The first-order valence-electron chi connectivity index (χ1n) is 10.2. The van der Waals surface area contributed by atoms with E-state index < -0.39 is 5.92 Å². The number of terminal acetylenes is 1. The Kier molecular flexibility index (Phi) is 6.51. The molecule has 0 saturated carbocycles. The number of nitriles is 1. The molecule has 0 aliphatic carbocycles. The Bertz CT molecular complexity index is 1150. The molecule has 0 amide bonds. The van der Waals surface area contributed by atoms with E-state index in [1.807, 2.05) is 109 Å². The van der Waals surface area contributed by atoms with Gasteiger partial charge in [-0.05, 0) is 59.7 Å². The summed E-state index contributed by atoms with van der Waals surface area (Å²) in [7, 11) is 0. The summed E-state index contributed by atoms with van der Waals surface area (Å²) in [5.41, 5.74) is 1.53. The van der Waals surface area contributed by atoms with E-state index in [1.54, 1.807) is 0 Å². The van der Waals surface area contributed by atoms with Crippen molar-refractivity contribution < 1.29 is 9.47 Å². The van der Waals surface area contributed by atoms with Crippen molar-refractivity contribution in [3.8, 4) is 41.4 Å². The fourth-order valence-corrected chi connectivity index (χ4v) is 3.37. The first kappa shape index (κ1) is 20.8. The van der Waals surface area contributed by atoms with Crippen LogP contribution in [0, 0.1) is 29.6 Å². The molecule has 0 saturated heterocycles. The van der Waals surface area contributed by atoms with E-state index in [0.29, 0.717) is 17.4 Å². The smallest absolute Gasteiger partial charge is 0.127 e. The Balaban J connectivity index is 1.59. The summed E-state index contributed by atoms with van der Waals surface area (Å²) in [5.74, 6) is 5.43. The zero-order valence-electron chi connectivity index (χ0n) is 17.3. The number of para-hydroxylation sites is 2. The van der Waals surface area contributed by atoms with Gasteiger partial charge in [0.05, 0.1) is 17.9 Å². The van der Waals surface area contributed by atoms with Crippen LogP contribution in [0.5, 0.6) is 23.0 Å². The molecular formula is C29H20NO2. The van der Waals surface area contributed by atoms with Crippen molar-refractivity contribution in [2.45, 2.75) is 5.92 Å². The summed E-state index contributed by atoms with van der Waals surface area (Å²) in [5, 5.41) is 9.99. The molecule has 3 heteroatoms. The third-order valence-electron chi connectivity index (χ3n) is 4.87. The molecule has 4 aromatic carbocycles. The number of ether oxygens (including phenoxy) is 2. The fourth-order valence-electron chi connectivity index (χ4n) is 3.37. The number of rotatable bonds is 7. The molecule has 0 spiro atoms. The van der Waals surface area contributed by atoms with E-state index in [2.05, 4.69) is 12.0 Å². The maximum atomic E-state index is 9.99. The highest BCUT2D eigenvalue weighted by atomic mass is 16.5. The normalized spacial score (nSPS) is 11.2. The molecule has 4 rings (SSSR count). The number of benzene rings is 4. The van der Waals surface area contributed by atoms with E-state index in [0.717, 1.165) is 22.6 Å². The van der Waals surface area contributed by atoms with Crippen LogP contribution in [0.15, 0.2) is 109 Å². The van der Waals surface area contributed by atoms with E-state index in [9.17, 15) is 5.26 Å². The van der Waals surface area contributed by atoms with Gasteiger partial charge < -0.3 is 9.47 Å². The van der Waals surface area contributed by atoms with Crippen LogP contribution in [-0.4, -0.2) is 0 Å². The number of nitrogens with zero attached hydrogens (tertiary/aromatic N) is 1. The zero-order valence-corrected chi connectivity index (χ0v) is 17.3. The lowest BCUT2D eigenvalue weighted by molar-refractivity contribution is 0.481. The molecule has 4 aromatic rings. The van der Waals surface area contributed by atoms with Crippen LogP contribution in [0.1, 0.15) is 17.0 Å². The van der Waals surface area contributed by atoms with Gasteiger partial charge in [0.1, 0.15) is 23.0 Å². The summed E-state index contributed by atoms with van der Waals surface area (Å²) in [6.07, 6.45) is 5.87. The van der Waals surface area contributed by atoms with Gasteiger partial charge in [-0.25, -0.2) is 0 Å². The molecule has 0 aromatic heterocycles. The van der Waals surface area contributed by atoms with E-state index in [4.69, 9.17) is 15.9 Å². The Morgan fingerprint density at radius 3 is 1.75 bits per heavy atom. The van der Waals surface area contributed by atoms with Gasteiger partial charge in [-0.15, -0.1) is 6.42 Å². The fraction of sp³-hybridized carbons (Fsp3) is 0.0345. The van der Waals surface area contributed by atoms with Crippen molar-refractivity contribution in [1.29, 1.82) is 5.26 Å². The zero-order chi connectivity index (χ0) is 22.2. The van der Waals surface area contributed by atoms with E-state index in [1.165, 1.54) is 0 Å². The quantitative estimate of drug-likeness (QED) is 0.302. The predicted molar refractivity (Wildman–Crippen MR) is 125 cm³/mol. The summed E-state index contributed by atoms with van der Waals surface area (Å²) in [6, 6.07) is 36.3. The molecule has 0 aliphatic rings. The van der Waals surface area contributed by atoms with Crippen molar-refractivity contribution in [1.82, 2.24) is 0 Å². The standard InChI is InChI=1S/C29H20NO2/c1-2-28(22-11-9-17-26(19-22)31-24-13-5-3-6-14-24)29(21-30)23-12-10-18-27(20-23)32-25-15-7-4-8-16-25/h1,3-20,29H. The molecular weight excluding hydrogens is 394 g/mol. The highest BCUT2D eigenvalue weighted by molar-refractivity contribution is 5.54. The van der Waals surface area contributed by atoms with Crippen LogP contribution in [0.2, 0.25) is 0 Å². The number of hydrogen-bond donors (Lipinski definition) is 0. The van der Waals surface area contributed by atoms with Crippen LogP contribution in [0.3, 0.4) is 0 Å². The molecule has 153 valence electrons. The van der Waals surface area contributed by atoms with Crippen LogP contribution in [-0.2, 0) is 0 Å². The maximum Gasteiger partial charge on any atom is 0.127 e. The third kappa shape index (κ3) is 4.98.